The Labute approximate surface area is 197 Å². The SMILES string of the molecule is COc1ccc(C2=C(Nc3cc(C)ccc3OC)C(=O)N(c3cccc(Cl)c3C)C2=O)cc1. The van der Waals surface area contributed by atoms with Crippen molar-refractivity contribution in [2.45, 2.75) is 13.8 Å². The van der Waals surface area contributed by atoms with E-state index in [0.29, 0.717) is 39.0 Å². The van der Waals surface area contributed by atoms with Crippen molar-refractivity contribution >= 4 is 40.4 Å². The Bertz CT molecular complexity index is 1280. The van der Waals surface area contributed by atoms with Crippen molar-refractivity contribution in [3.8, 4) is 11.5 Å². The predicted molar refractivity (Wildman–Crippen MR) is 130 cm³/mol. The number of imide groups is 1. The fourth-order valence-corrected chi connectivity index (χ4v) is 3.95. The van der Waals surface area contributed by atoms with Gasteiger partial charge in [0.05, 0.1) is 31.2 Å². The zero-order valence-corrected chi connectivity index (χ0v) is 19.5. The van der Waals surface area contributed by atoms with Crippen LogP contribution in [-0.4, -0.2) is 26.0 Å². The molecule has 0 fully saturated rings. The number of halogens is 1. The molecule has 1 N–H and O–H groups in total. The van der Waals surface area contributed by atoms with Gasteiger partial charge in [0.2, 0.25) is 0 Å². The van der Waals surface area contributed by atoms with E-state index in [1.54, 1.807) is 63.6 Å². The lowest BCUT2D eigenvalue weighted by molar-refractivity contribution is -0.120. The molecule has 2 amide bonds. The van der Waals surface area contributed by atoms with Crippen molar-refractivity contribution in [3.05, 3.63) is 88.1 Å². The van der Waals surface area contributed by atoms with Crippen LogP contribution in [0.4, 0.5) is 11.4 Å². The van der Waals surface area contributed by atoms with Crippen LogP contribution in [0.5, 0.6) is 11.5 Å². The molecular formula is C26H23ClN2O4. The van der Waals surface area contributed by atoms with Crippen LogP contribution in [0.3, 0.4) is 0 Å². The minimum atomic E-state index is -0.472. The van der Waals surface area contributed by atoms with E-state index in [0.717, 1.165) is 10.5 Å². The lowest BCUT2D eigenvalue weighted by Crippen LogP contribution is -2.33. The van der Waals surface area contributed by atoms with Crippen LogP contribution in [-0.2, 0) is 9.59 Å². The summed E-state index contributed by atoms with van der Waals surface area (Å²) in [5.74, 6) is 0.290. The number of aryl methyl sites for hydroxylation is 1. The number of anilines is 2. The molecule has 3 aromatic rings. The third-order valence-electron chi connectivity index (χ3n) is 5.56. The molecule has 0 aliphatic carbocycles. The molecule has 6 nitrogen and oxygen atoms in total. The quantitative estimate of drug-likeness (QED) is 0.499. The molecule has 33 heavy (non-hydrogen) atoms. The third kappa shape index (κ3) is 4.05. The Balaban J connectivity index is 1.87. The van der Waals surface area contributed by atoms with Crippen molar-refractivity contribution in [3.63, 3.8) is 0 Å². The number of benzene rings is 3. The Morgan fingerprint density at radius 2 is 1.61 bits per heavy atom. The highest BCUT2D eigenvalue weighted by Gasteiger charge is 2.41. The summed E-state index contributed by atoms with van der Waals surface area (Å²) >= 11 is 6.29. The molecule has 0 atom stereocenters. The van der Waals surface area contributed by atoms with Crippen molar-refractivity contribution < 1.29 is 19.1 Å². The molecule has 1 heterocycles. The van der Waals surface area contributed by atoms with Gasteiger partial charge in [0.25, 0.3) is 11.8 Å². The number of hydrogen-bond acceptors (Lipinski definition) is 5. The van der Waals surface area contributed by atoms with E-state index in [-0.39, 0.29) is 11.3 Å². The summed E-state index contributed by atoms with van der Waals surface area (Å²) in [4.78, 5) is 28.5. The highest BCUT2D eigenvalue weighted by Crippen LogP contribution is 2.38. The van der Waals surface area contributed by atoms with E-state index in [9.17, 15) is 9.59 Å². The second kappa shape index (κ2) is 9.00. The maximum absolute atomic E-state index is 13.7. The second-order valence-electron chi connectivity index (χ2n) is 7.64. The Hall–Kier alpha value is -3.77. The van der Waals surface area contributed by atoms with Crippen LogP contribution in [0.15, 0.2) is 66.4 Å². The maximum Gasteiger partial charge on any atom is 0.282 e. The Kier molecular flexibility index (Phi) is 6.11. The first-order valence-corrected chi connectivity index (χ1v) is 10.7. The van der Waals surface area contributed by atoms with Gasteiger partial charge in [-0.2, -0.15) is 0 Å². The summed E-state index contributed by atoms with van der Waals surface area (Å²) in [6.07, 6.45) is 0. The number of carbonyl (C=O) groups is 2. The molecule has 0 spiro atoms. The number of ether oxygens (including phenoxy) is 2. The summed E-state index contributed by atoms with van der Waals surface area (Å²) in [5, 5.41) is 3.64. The van der Waals surface area contributed by atoms with Crippen LogP contribution < -0.4 is 19.7 Å². The van der Waals surface area contributed by atoms with Crippen molar-refractivity contribution in [2.75, 3.05) is 24.4 Å². The van der Waals surface area contributed by atoms with E-state index in [2.05, 4.69) is 5.32 Å². The van der Waals surface area contributed by atoms with Gasteiger partial charge in [0.15, 0.2) is 0 Å². The molecule has 0 radical (unpaired) electrons. The molecule has 3 aromatic carbocycles. The summed E-state index contributed by atoms with van der Waals surface area (Å²) < 4.78 is 10.7. The zero-order valence-electron chi connectivity index (χ0n) is 18.7. The molecule has 168 valence electrons. The molecule has 7 heteroatoms. The minimum Gasteiger partial charge on any atom is -0.497 e. The van der Waals surface area contributed by atoms with Crippen LogP contribution >= 0.6 is 11.6 Å². The largest absolute Gasteiger partial charge is 0.497 e. The van der Waals surface area contributed by atoms with Gasteiger partial charge in [-0.15, -0.1) is 0 Å². The van der Waals surface area contributed by atoms with E-state index in [1.807, 2.05) is 25.1 Å². The smallest absolute Gasteiger partial charge is 0.282 e. The van der Waals surface area contributed by atoms with Crippen LogP contribution in [0.2, 0.25) is 5.02 Å². The van der Waals surface area contributed by atoms with Crippen molar-refractivity contribution in [2.24, 2.45) is 0 Å². The fourth-order valence-electron chi connectivity index (χ4n) is 3.78. The number of rotatable bonds is 6. The Morgan fingerprint density at radius 1 is 0.879 bits per heavy atom. The average Bonchev–Trinajstić information content (AvgIpc) is 3.05. The van der Waals surface area contributed by atoms with Gasteiger partial charge in [0, 0.05) is 5.02 Å². The maximum atomic E-state index is 13.7. The highest BCUT2D eigenvalue weighted by molar-refractivity contribution is 6.46. The van der Waals surface area contributed by atoms with Crippen LogP contribution in [0.1, 0.15) is 16.7 Å². The van der Waals surface area contributed by atoms with Gasteiger partial charge in [-0.1, -0.05) is 35.9 Å². The first kappa shape index (κ1) is 22.4. The average molecular weight is 463 g/mol. The van der Waals surface area contributed by atoms with Gasteiger partial charge in [-0.05, 0) is 66.9 Å². The van der Waals surface area contributed by atoms with Gasteiger partial charge in [0.1, 0.15) is 17.2 Å². The van der Waals surface area contributed by atoms with Crippen molar-refractivity contribution in [1.82, 2.24) is 0 Å². The lowest BCUT2D eigenvalue weighted by Gasteiger charge is -2.18. The van der Waals surface area contributed by atoms with E-state index >= 15 is 0 Å². The summed E-state index contributed by atoms with van der Waals surface area (Å²) in [6, 6.07) is 17.7. The number of hydrogen-bond donors (Lipinski definition) is 1. The predicted octanol–water partition coefficient (Wildman–Crippen LogP) is 5.37. The van der Waals surface area contributed by atoms with Gasteiger partial charge in [-0.3, -0.25) is 9.59 Å². The molecule has 0 aromatic heterocycles. The van der Waals surface area contributed by atoms with Crippen LogP contribution in [0.25, 0.3) is 5.57 Å². The molecular weight excluding hydrogens is 440 g/mol. The molecule has 1 aliphatic heterocycles. The number of nitrogens with one attached hydrogen (secondary N) is 1. The monoisotopic (exact) mass is 462 g/mol. The number of methoxy groups -OCH3 is 2. The summed E-state index contributed by atoms with van der Waals surface area (Å²) in [5.41, 5.74) is 3.65. The lowest BCUT2D eigenvalue weighted by atomic mass is 10.0. The molecule has 0 saturated heterocycles. The fraction of sp³-hybridized carbons (Fsp3) is 0.154. The molecule has 4 rings (SSSR count). The second-order valence-corrected chi connectivity index (χ2v) is 8.04. The summed E-state index contributed by atoms with van der Waals surface area (Å²) in [7, 11) is 3.12. The van der Waals surface area contributed by atoms with Gasteiger partial charge >= 0.3 is 0 Å². The molecule has 0 saturated carbocycles. The normalized spacial score (nSPS) is 13.5. The first-order chi connectivity index (χ1) is 15.8. The molecule has 0 unspecified atom stereocenters. The van der Waals surface area contributed by atoms with Crippen molar-refractivity contribution in [1.29, 1.82) is 0 Å². The van der Waals surface area contributed by atoms with E-state index < -0.39 is 11.8 Å². The molecule has 0 bridgehead atoms. The topological polar surface area (TPSA) is 67.9 Å². The number of nitrogens with zero attached hydrogens (tertiary/aromatic N) is 1. The van der Waals surface area contributed by atoms with Gasteiger partial charge in [-0.25, -0.2) is 4.90 Å². The minimum absolute atomic E-state index is 0.161. The number of amides is 2. The number of carbonyl (C=O) groups excluding carboxylic acids is 2. The third-order valence-corrected chi connectivity index (χ3v) is 5.97. The van der Waals surface area contributed by atoms with Gasteiger partial charge < -0.3 is 14.8 Å². The highest BCUT2D eigenvalue weighted by atomic mass is 35.5. The Morgan fingerprint density at radius 3 is 2.27 bits per heavy atom. The zero-order chi connectivity index (χ0) is 23.7. The molecule has 1 aliphatic rings. The van der Waals surface area contributed by atoms with Crippen LogP contribution in [0, 0.1) is 13.8 Å². The first-order valence-electron chi connectivity index (χ1n) is 10.3. The standard InChI is InChI=1S/C26H23ClN2O4/c1-15-8-13-22(33-4)20(14-15)28-24-23(17-9-11-18(32-3)12-10-17)25(30)29(26(24)31)21-7-5-6-19(27)16(21)2/h5-14,28H,1-4H3. The van der Waals surface area contributed by atoms with E-state index in [1.165, 1.54) is 0 Å². The van der Waals surface area contributed by atoms with E-state index in [4.69, 9.17) is 21.1 Å². The summed E-state index contributed by atoms with van der Waals surface area (Å²) in [6.45, 7) is 3.72.